The molecule has 0 radical (unpaired) electrons. The van der Waals surface area contributed by atoms with Crippen LogP contribution in [0.4, 0.5) is 4.79 Å². The lowest BCUT2D eigenvalue weighted by molar-refractivity contribution is 0.0794. The van der Waals surface area contributed by atoms with Crippen LogP contribution in [0.15, 0.2) is 91.0 Å². The number of carbonyl (C=O) groups excluding carboxylic acids is 1. The number of nitrogens with one attached hydrogen (secondary N) is 1. The van der Waals surface area contributed by atoms with E-state index in [1.165, 1.54) is 37.9 Å². The molecule has 0 spiro atoms. The van der Waals surface area contributed by atoms with Gasteiger partial charge in [0.2, 0.25) is 0 Å². The van der Waals surface area contributed by atoms with E-state index in [2.05, 4.69) is 64.8 Å². The zero-order valence-corrected chi connectivity index (χ0v) is 20.6. The summed E-state index contributed by atoms with van der Waals surface area (Å²) in [6, 6.07) is 31.9. The third kappa shape index (κ3) is 5.76. The van der Waals surface area contributed by atoms with Crippen molar-refractivity contribution in [3.8, 4) is 0 Å². The molecule has 0 aliphatic carbocycles. The van der Waals surface area contributed by atoms with E-state index in [4.69, 9.17) is 0 Å². The zero-order chi connectivity index (χ0) is 23.9. The van der Waals surface area contributed by atoms with Crippen molar-refractivity contribution in [2.45, 2.75) is 44.2 Å². The van der Waals surface area contributed by atoms with Crippen molar-refractivity contribution in [3.05, 3.63) is 108 Å². The van der Waals surface area contributed by atoms with Gasteiger partial charge in [0.05, 0.1) is 6.04 Å². The lowest BCUT2D eigenvalue weighted by Gasteiger charge is -2.43. The van der Waals surface area contributed by atoms with Crippen LogP contribution in [0.1, 0.15) is 60.9 Å². The fourth-order valence-corrected chi connectivity index (χ4v) is 5.91. The van der Waals surface area contributed by atoms with E-state index in [0.29, 0.717) is 12.0 Å². The molecule has 2 saturated heterocycles. The van der Waals surface area contributed by atoms with Crippen LogP contribution in [0.2, 0.25) is 0 Å². The zero-order valence-electron chi connectivity index (χ0n) is 20.6. The normalized spacial score (nSPS) is 18.4. The van der Waals surface area contributed by atoms with Crippen molar-refractivity contribution in [1.29, 1.82) is 0 Å². The number of hydrogen-bond donors (Lipinski definition) is 1. The van der Waals surface area contributed by atoms with Crippen LogP contribution in [-0.4, -0.2) is 42.0 Å². The smallest absolute Gasteiger partial charge is 0.318 e. The van der Waals surface area contributed by atoms with Gasteiger partial charge in [-0.15, -0.1) is 0 Å². The average molecular weight is 468 g/mol. The summed E-state index contributed by atoms with van der Waals surface area (Å²) in [6.45, 7) is 4.00. The van der Waals surface area contributed by atoms with Gasteiger partial charge in [0, 0.05) is 19.1 Å². The molecule has 4 nitrogen and oxygen atoms in total. The first-order chi connectivity index (χ1) is 17.3. The molecule has 1 atom stereocenters. The molecule has 0 aromatic heterocycles. The minimum Gasteiger partial charge on any atom is -0.327 e. The highest BCUT2D eigenvalue weighted by Crippen LogP contribution is 2.37. The molecule has 1 unspecified atom stereocenters. The molecule has 182 valence electrons. The molecular formula is C31H37N3O. The second kappa shape index (κ2) is 11.5. The highest BCUT2D eigenvalue weighted by Gasteiger charge is 2.34. The Morgan fingerprint density at radius 2 is 1.14 bits per heavy atom. The molecule has 3 aromatic carbocycles. The molecule has 1 N–H and O–H groups in total. The Balaban J connectivity index is 1.27. The minimum absolute atomic E-state index is 0.0374. The fraction of sp³-hybridized carbons (Fsp3) is 0.387. The Hall–Kier alpha value is -3.11. The Morgan fingerprint density at radius 3 is 1.66 bits per heavy atom. The summed E-state index contributed by atoms with van der Waals surface area (Å²) < 4.78 is 0. The van der Waals surface area contributed by atoms with E-state index >= 15 is 0 Å². The summed E-state index contributed by atoms with van der Waals surface area (Å²) in [7, 11) is 0. The number of nitrogens with zero attached hydrogens (tertiary/aromatic N) is 2. The molecule has 2 amide bonds. The molecule has 2 aliphatic heterocycles. The number of rotatable bonds is 6. The number of urea groups is 1. The molecule has 2 heterocycles. The van der Waals surface area contributed by atoms with Crippen LogP contribution in [0.3, 0.4) is 0 Å². The molecule has 4 heteroatoms. The molecule has 2 aliphatic rings. The predicted molar refractivity (Wildman–Crippen MR) is 142 cm³/mol. The highest BCUT2D eigenvalue weighted by molar-refractivity contribution is 5.75. The maximum atomic E-state index is 13.4. The SMILES string of the molecule is O=C(NC(c1ccccc1)c1ccccc1)N1CCC(C(c2ccccc2)N2CCCCC2)CC1. The van der Waals surface area contributed by atoms with E-state index in [-0.39, 0.29) is 12.1 Å². The number of benzene rings is 3. The lowest BCUT2D eigenvalue weighted by atomic mass is 9.83. The number of amides is 2. The number of piperidine rings is 2. The highest BCUT2D eigenvalue weighted by atomic mass is 16.2. The first-order valence-corrected chi connectivity index (χ1v) is 13.2. The van der Waals surface area contributed by atoms with E-state index in [1.807, 2.05) is 41.3 Å². The van der Waals surface area contributed by atoms with E-state index in [9.17, 15) is 4.79 Å². The summed E-state index contributed by atoms with van der Waals surface area (Å²) in [5.74, 6) is 0.582. The van der Waals surface area contributed by atoms with Crippen molar-refractivity contribution < 1.29 is 4.79 Å². The summed E-state index contributed by atoms with van der Waals surface area (Å²) in [5, 5.41) is 3.34. The van der Waals surface area contributed by atoms with Gasteiger partial charge in [-0.2, -0.15) is 0 Å². The van der Waals surface area contributed by atoms with Crippen LogP contribution < -0.4 is 5.32 Å². The van der Waals surface area contributed by atoms with Gasteiger partial charge >= 0.3 is 6.03 Å². The Bertz CT molecular complexity index is 1000. The third-order valence-electron chi connectivity index (χ3n) is 7.73. The van der Waals surface area contributed by atoms with Gasteiger partial charge in [0.15, 0.2) is 0 Å². The fourth-order valence-electron chi connectivity index (χ4n) is 5.91. The average Bonchev–Trinajstić information content (AvgIpc) is 2.94. The first-order valence-electron chi connectivity index (χ1n) is 13.2. The van der Waals surface area contributed by atoms with Gasteiger partial charge in [-0.05, 0) is 61.4 Å². The predicted octanol–water partition coefficient (Wildman–Crippen LogP) is 6.42. The van der Waals surface area contributed by atoms with Gasteiger partial charge in [-0.25, -0.2) is 4.79 Å². The van der Waals surface area contributed by atoms with E-state index < -0.39 is 0 Å². The summed E-state index contributed by atoms with van der Waals surface area (Å²) >= 11 is 0. The number of carbonyl (C=O) groups is 1. The Morgan fingerprint density at radius 1 is 0.657 bits per heavy atom. The first kappa shape index (κ1) is 23.6. The van der Waals surface area contributed by atoms with Gasteiger partial charge in [-0.3, -0.25) is 4.90 Å². The Kier molecular flexibility index (Phi) is 7.79. The van der Waals surface area contributed by atoms with E-state index in [1.54, 1.807) is 0 Å². The number of hydrogen-bond acceptors (Lipinski definition) is 2. The van der Waals surface area contributed by atoms with Crippen LogP contribution >= 0.6 is 0 Å². The van der Waals surface area contributed by atoms with Gasteiger partial charge in [-0.1, -0.05) is 97.4 Å². The lowest BCUT2D eigenvalue weighted by Crippen LogP contribution is -2.48. The van der Waals surface area contributed by atoms with Crippen LogP contribution in [-0.2, 0) is 0 Å². The second-order valence-corrected chi connectivity index (χ2v) is 9.98. The molecule has 3 aromatic rings. The van der Waals surface area contributed by atoms with Gasteiger partial charge in [0.25, 0.3) is 0 Å². The van der Waals surface area contributed by atoms with Gasteiger partial charge in [0.1, 0.15) is 0 Å². The van der Waals surface area contributed by atoms with Gasteiger partial charge < -0.3 is 10.2 Å². The third-order valence-corrected chi connectivity index (χ3v) is 7.73. The topological polar surface area (TPSA) is 35.6 Å². The summed E-state index contributed by atoms with van der Waals surface area (Å²) in [4.78, 5) is 18.1. The van der Waals surface area contributed by atoms with Crippen LogP contribution in [0, 0.1) is 5.92 Å². The van der Waals surface area contributed by atoms with Crippen molar-refractivity contribution >= 4 is 6.03 Å². The quantitative estimate of drug-likeness (QED) is 0.454. The molecule has 35 heavy (non-hydrogen) atoms. The molecule has 5 rings (SSSR count). The standard InChI is InChI=1S/C31H37N3O/c35-31(32-29(25-13-5-1-6-14-25)26-15-7-2-8-16-26)34-23-19-28(20-24-34)30(27-17-9-3-10-18-27)33-21-11-4-12-22-33/h1-3,5-10,13-18,28-30H,4,11-12,19-24H2,(H,32,35). The van der Waals surface area contributed by atoms with Crippen molar-refractivity contribution in [1.82, 2.24) is 15.1 Å². The van der Waals surface area contributed by atoms with Crippen molar-refractivity contribution in [2.75, 3.05) is 26.2 Å². The maximum absolute atomic E-state index is 13.4. The maximum Gasteiger partial charge on any atom is 0.318 e. The van der Waals surface area contributed by atoms with Crippen LogP contribution in [0.25, 0.3) is 0 Å². The largest absolute Gasteiger partial charge is 0.327 e. The van der Waals surface area contributed by atoms with Crippen molar-refractivity contribution in [2.24, 2.45) is 5.92 Å². The minimum atomic E-state index is -0.145. The second-order valence-electron chi connectivity index (χ2n) is 9.98. The Labute approximate surface area is 210 Å². The monoisotopic (exact) mass is 467 g/mol. The van der Waals surface area contributed by atoms with Crippen LogP contribution in [0.5, 0.6) is 0 Å². The van der Waals surface area contributed by atoms with Crippen molar-refractivity contribution in [3.63, 3.8) is 0 Å². The molecular weight excluding hydrogens is 430 g/mol. The molecule has 2 fully saturated rings. The number of likely N-dealkylation sites (tertiary alicyclic amines) is 2. The molecule has 0 bridgehead atoms. The summed E-state index contributed by atoms with van der Waals surface area (Å²) in [6.07, 6.45) is 6.03. The molecule has 0 saturated carbocycles. The van der Waals surface area contributed by atoms with E-state index in [0.717, 1.165) is 37.1 Å². The summed E-state index contributed by atoms with van der Waals surface area (Å²) in [5.41, 5.74) is 3.65.